The maximum atomic E-state index is 11.2. The molecule has 0 bridgehead atoms. The Hall–Kier alpha value is -1.91. The monoisotopic (exact) mass is 190 g/mol. The van der Waals surface area contributed by atoms with Crippen LogP contribution < -0.4 is 5.69 Å². The van der Waals surface area contributed by atoms with Gasteiger partial charge in [0, 0.05) is 25.1 Å². The van der Waals surface area contributed by atoms with Gasteiger partial charge in [-0.2, -0.15) is 5.10 Å². The van der Waals surface area contributed by atoms with Gasteiger partial charge in [-0.05, 0) is 18.1 Å². The lowest BCUT2D eigenvalue weighted by Gasteiger charge is -2.01. The molecule has 0 radical (unpaired) electrons. The lowest BCUT2D eigenvalue weighted by Crippen LogP contribution is -2.22. The molecule has 5 heteroatoms. The van der Waals surface area contributed by atoms with Crippen LogP contribution in [-0.2, 0) is 13.0 Å². The third kappa shape index (κ3) is 1.87. The van der Waals surface area contributed by atoms with Crippen molar-refractivity contribution in [1.82, 2.24) is 19.7 Å². The molecule has 2 aromatic rings. The van der Waals surface area contributed by atoms with Crippen LogP contribution >= 0.6 is 0 Å². The van der Waals surface area contributed by atoms with Gasteiger partial charge in [-0.1, -0.05) is 0 Å². The number of aromatic nitrogens is 4. The SMILES string of the molecule is O=c1ncccn1CCc1cn[nH]c1. The van der Waals surface area contributed by atoms with Crippen molar-refractivity contribution in [3.8, 4) is 0 Å². The average Bonchev–Trinajstić information content (AvgIpc) is 2.69. The summed E-state index contributed by atoms with van der Waals surface area (Å²) >= 11 is 0. The first-order valence-corrected chi connectivity index (χ1v) is 4.35. The molecule has 0 aliphatic carbocycles. The van der Waals surface area contributed by atoms with Gasteiger partial charge >= 0.3 is 5.69 Å². The van der Waals surface area contributed by atoms with Crippen molar-refractivity contribution in [2.24, 2.45) is 0 Å². The standard InChI is InChI=1S/C9H10N4O/c14-9-10-3-1-4-13(9)5-2-8-6-11-12-7-8/h1,3-4,6-7H,2,5H2,(H,11,12). The van der Waals surface area contributed by atoms with E-state index in [0.29, 0.717) is 6.54 Å². The van der Waals surface area contributed by atoms with Crippen molar-refractivity contribution >= 4 is 0 Å². The fourth-order valence-electron chi connectivity index (χ4n) is 1.22. The Morgan fingerprint density at radius 3 is 3.14 bits per heavy atom. The molecule has 72 valence electrons. The number of nitrogens with one attached hydrogen (secondary N) is 1. The zero-order valence-corrected chi connectivity index (χ0v) is 7.55. The molecular formula is C9H10N4O. The molecular weight excluding hydrogens is 180 g/mol. The highest BCUT2D eigenvalue weighted by Crippen LogP contribution is 1.96. The number of aryl methyl sites for hydroxylation is 2. The van der Waals surface area contributed by atoms with E-state index in [4.69, 9.17) is 0 Å². The molecule has 2 rings (SSSR count). The van der Waals surface area contributed by atoms with Crippen LogP contribution in [0.4, 0.5) is 0 Å². The molecule has 2 heterocycles. The van der Waals surface area contributed by atoms with Gasteiger partial charge in [0.05, 0.1) is 6.20 Å². The molecule has 1 N–H and O–H groups in total. The Morgan fingerprint density at radius 1 is 1.50 bits per heavy atom. The molecule has 0 aliphatic rings. The number of hydrogen-bond donors (Lipinski definition) is 1. The van der Waals surface area contributed by atoms with E-state index >= 15 is 0 Å². The highest BCUT2D eigenvalue weighted by molar-refractivity contribution is 5.02. The molecule has 2 aromatic heterocycles. The largest absolute Gasteiger partial charge is 0.347 e. The van der Waals surface area contributed by atoms with Crippen molar-refractivity contribution in [2.75, 3.05) is 0 Å². The Morgan fingerprint density at radius 2 is 2.43 bits per heavy atom. The molecule has 0 fully saturated rings. The number of nitrogens with zero attached hydrogens (tertiary/aromatic N) is 3. The molecule has 0 atom stereocenters. The minimum atomic E-state index is -0.212. The Labute approximate surface area is 80.4 Å². The van der Waals surface area contributed by atoms with Gasteiger partial charge in [0.2, 0.25) is 0 Å². The zero-order valence-electron chi connectivity index (χ0n) is 7.55. The van der Waals surface area contributed by atoms with Crippen molar-refractivity contribution < 1.29 is 0 Å². The van der Waals surface area contributed by atoms with Gasteiger partial charge in [0.15, 0.2) is 0 Å². The van der Waals surface area contributed by atoms with Gasteiger partial charge in [-0.15, -0.1) is 0 Å². The maximum absolute atomic E-state index is 11.2. The second-order valence-electron chi connectivity index (χ2n) is 2.95. The highest BCUT2D eigenvalue weighted by atomic mass is 16.1. The molecule has 0 aromatic carbocycles. The van der Waals surface area contributed by atoms with E-state index in [9.17, 15) is 4.79 Å². The van der Waals surface area contributed by atoms with Gasteiger partial charge in [-0.25, -0.2) is 9.78 Å². The van der Waals surface area contributed by atoms with E-state index in [-0.39, 0.29) is 5.69 Å². The fourth-order valence-corrected chi connectivity index (χ4v) is 1.22. The van der Waals surface area contributed by atoms with Gasteiger partial charge in [0.25, 0.3) is 0 Å². The number of aromatic amines is 1. The first kappa shape index (κ1) is 8.68. The third-order valence-electron chi connectivity index (χ3n) is 1.98. The van der Waals surface area contributed by atoms with E-state index < -0.39 is 0 Å². The van der Waals surface area contributed by atoms with Gasteiger partial charge in [-0.3, -0.25) is 9.67 Å². The van der Waals surface area contributed by atoms with Crippen LogP contribution in [0.5, 0.6) is 0 Å². The van der Waals surface area contributed by atoms with Crippen LogP contribution in [0.2, 0.25) is 0 Å². The quantitative estimate of drug-likeness (QED) is 0.752. The number of rotatable bonds is 3. The van der Waals surface area contributed by atoms with Crippen molar-refractivity contribution in [2.45, 2.75) is 13.0 Å². The summed E-state index contributed by atoms with van der Waals surface area (Å²) in [6.45, 7) is 0.631. The molecule has 5 nitrogen and oxygen atoms in total. The summed E-state index contributed by atoms with van der Waals surface area (Å²) in [5.41, 5.74) is 0.872. The number of H-pyrrole nitrogens is 1. The first-order chi connectivity index (χ1) is 6.86. The van der Waals surface area contributed by atoms with Crippen molar-refractivity contribution in [1.29, 1.82) is 0 Å². The Bertz CT molecular complexity index is 446. The van der Waals surface area contributed by atoms with Crippen LogP contribution in [0.25, 0.3) is 0 Å². The van der Waals surface area contributed by atoms with E-state index in [1.165, 1.54) is 6.20 Å². The lowest BCUT2D eigenvalue weighted by atomic mass is 10.2. The van der Waals surface area contributed by atoms with Gasteiger partial charge in [0.1, 0.15) is 0 Å². The molecule has 0 amide bonds. The third-order valence-corrected chi connectivity index (χ3v) is 1.98. The molecule has 0 spiro atoms. The topological polar surface area (TPSA) is 63.6 Å². The molecule has 14 heavy (non-hydrogen) atoms. The summed E-state index contributed by atoms with van der Waals surface area (Å²) in [6.07, 6.45) is 7.58. The van der Waals surface area contributed by atoms with Crippen LogP contribution in [0.3, 0.4) is 0 Å². The predicted octanol–water partition coefficient (Wildman–Crippen LogP) is 0.209. The van der Waals surface area contributed by atoms with E-state index in [1.54, 1.807) is 23.0 Å². The molecule has 0 aliphatic heterocycles. The lowest BCUT2D eigenvalue weighted by molar-refractivity contribution is 0.649. The normalized spacial score (nSPS) is 10.3. The Balaban J connectivity index is 2.06. The van der Waals surface area contributed by atoms with Crippen LogP contribution in [-0.4, -0.2) is 19.7 Å². The zero-order chi connectivity index (χ0) is 9.80. The average molecular weight is 190 g/mol. The molecule has 0 saturated heterocycles. The minimum Gasteiger partial charge on any atom is -0.299 e. The fraction of sp³-hybridized carbons (Fsp3) is 0.222. The highest BCUT2D eigenvalue weighted by Gasteiger charge is 1.97. The smallest absolute Gasteiger partial charge is 0.299 e. The van der Waals surface area contributed by atoms with E-state index in [2.05, 4.69) is 15.2 Å². The predicted molar refractivity (Wildman–Crippen MR) is 50.8 cm³/mol. The summed E-state index contributed by atoms with van der Waals surface area (Å²) in [5.74, 6) is 0. The molecule has 0 unspecified atom stereocenters. The summed E-state index contributed by atoms with van der Waals surface area (Å²) in [4.78, 5) is 14.9. The van der Waals surface area contributed by atoms with E-state index in [0.717, 1.165) is 12.0 Å². The Kier molecular flexibility index (Phi) is 2.40. The summed E-state index contributed by atoms with van der Waals surface area (Å²) in [7, 11) is 0. The van der Waals surface area contributed by atoms with Crippen LogP contribution in [0.1, 0.15) is 5.56 Å². The summed E-state index contributed by atoms with van der Waals surface area (Å²) < 4.78 is 1.58. The van der Waals surface area contributed by atoms with E-state index in [1.807, 2.05) is 6.20 Å². The van der Waals surface area contributed by atoms with Gasteiger partial charge < -0.3 is 0 Å². The van der Waals surface area contributed by atoms with Crippen LogP contribution in [0, 0.1) is 0 Å². The number of hydrogen-bond acceptors (Lipinski definition) is 3. The summed E-state index contributed by atoms with van der Waals surface area (Å²) in [5, 5.41) is 6.56. The molecule has 0 saturated carbocycles. The van der Waals surface area contributed by atoms with Crippen molar-refractivity contribution in [3.05, 3.63) is 46.9 Å². The maximum Gasteiger partial charge on any atom is 0.347 e. The summed E-state index contributed by atoms with van der Waals surface area (Å²) in [6, 6.07) is 1.75. The second-order valence-corrected chi connectivity index (χ2v) is 2.95. The van der Waals surface area contributed by atoms with Crippen LogP contribution in [0.15, 0.2) is 35.6 Å². The minimum absolute atomic E-state index is 0.212. The first-order valence-electron chi connectivity index (χ1n) is 4.35. The second kappa shape index (κ2) is 3.87. The van der Waals surface area contributed by atoms with Crippen molar-refractivity contribution in [3.63, 3.8) is 0 Å².